The molecule has 0 aliphatic rings. The number of benzene rings is 1. The van der Waals surface area contributed by atoms with Gasteiger partial charge in [-0.1, -0.05) is 6.92 Å². The second kappa shape index (κ2) is 10.4. The Hall–Kier alpha value is -1.38. The Bertz CT molecular complexity index is 495. The number of hydrogen-bond acceptors (Lipinski definition) is 4. The van der Waals surface area contributed by atoms with Gasteiger partial charge in [0.05, 0.1) is 27.9 Å². The predicted molar refractivity (Wildman–Crippen MR) is 99.7 cm³/mol. The number of nitrogens with zero attached hydrogens (tertiary/aromatic N) is 1. The number of aliphatic imine (C=N–C) groups is 1. The first-order chi connectivity index (χ1) is 10.0. The van der Waals surface area contributed by atoms with Crippen LogP contribution in [0.3, 0.4) is 0 Å². The molecule has 0 bridgehead atoms. The quantitative estimate of drug-likeness (QED) is 0.401. The number of rotatable bonds is 7. The number of methoxy groups -OCH3 is 3. The standard InChI is InChI=1S/C15H25N3O3.HI/c1-6-10(2)18-15(16)17-9-11-7-13(20-4)14(21-5)8-12(11)19-3;/h7-8,10H,6,9H2,1-5H3,(H3,16,17,18);1H. The number of nitrogens with one attached hydrogen (secondary N) is 1. The van der Waals surface area contributed by atoms with Crippen LogP contribution in [0.25, 0.3) is 0 Å². The van der Waals surface area contributed by atoms with E-state index in [2.05, 4.69) is 24.2 Å². The lowest BCUT2D eigenvalue weighted by Crippen LogP contribution is -2.38. The molecule has 6 nitrogen and oxygen atoms in total. The van der Waals surface area contributed by atoms with Gasteiger partial charge in [0.25, 0.3) is 0 Å². The van der Waals surface area contributed by atoms with E-state index in [0.717, 1.165) is 12.0 Å². The molecule has 0 spiro atoms. The van der Waals surface area contributed by atoms with Gasteiger partial charge in [-0.2, -0.15) is 0 Å². The molecule has 1 aromatic rings. The highest BCUT2D eigenvalue weighted by Crippen LogP contribution is 2.34. The van der Waals surface area contributed by atoms with Crippen LogP contribution in [0, 0.1) is 0 Å². The maximum absolute atomic E-state index is 5.86. The van der Waals surface area contributed by atoms with Crippen molar-refractivity contribution in [1.29, 1.82) is 0 Å². The molecule has 1 atom stereocenters. The second-order valence-corrected chi connectivity index (χ2v) is 4.67. The molecule has 3 N–H and O–H groups in total. The molecular weight excluding hydrogens is 397 g/mol. The molecule has 0 aliphatic heterocycles. The third-order valence-electron chi connectivity index (χ3n) is 3.21. The molecule has 1 unspecified atom stereocenters. The zero-order chi connectivity index (χ0) is 15.8. The fourth-order valence-electron chi connectivity index (χ4n) is 1.79. The molecule has 0 fully saturated rings. The fraction of sp³-hybridized carbons (Fsp3) is 0.533. The third kappa shape index (κ3) is 5.78. The Balaban J connectivity index is 0.00000441. The Kier molecular flexibility index (Phi) is 9.71. The van der Waals surface area contributed by atoms with E-state index in [1.165, 1.54) is 0 Å². The smallest absolute Gasteiger partial charge is 0.189 e. The van der Waals surface area contributed by atoms with Crippen LogP contribution in [0.5, 0.6) is 17.2 Å². The van der Waals surface area contributed by atoms with Gasteiger partial charge >= 0.3 is 0 Å². The minimum absolute atomic E-state index is 0. The van der Waals surface area contributed by atoms with E-state index in [1.807, 2.05) is 6.07 Å². The van der Waals surface area contributed by atoms with Crippen LogP contribution in [-0.4, -0.2) is 33.3 Å². The summed E-state index contributed by atoms with van der Waals surface area (Å²) < 4.78 is 15.9. The second-order valence-electron chi connectivity index (χ2n) is 4.67. The first kappa shape index (κ1) is 20.6. The van der Waals surface area contributed by atoms with E-state index in [9.17, 15) is 0 Å². The Morgan fingerprint density at radius 3 is 2.18 bits per heavy atom. The molecule has 22 heavy (non-hydrogen) atoms. The molecule has 7 heteroatoms. The largest absolute Gasteiger partial charge is 0.496 e. The van der Waals surface area contributed by atoms with Crippen molar-refractivity contribution in [3.63, 3.8) is 0 Å². The van der Waals surface area contributed by atoms with Crippen LogP contribution in [0.1, 0.15) is 25.8 Å². The topological polar surface area (TPSA) is 78.1 Å². The summed E-state index contributed by atoms with van der Waals surface area (Å²) in [6.45, 7) is 4.54. The predicted octanol–water partition coefficient (Wildman–Crippen LogP) is 2.53. The van der Waals surface area contributed by atoms with Gasteiger partial charge in [-0.05, 0) is 19.4 Å². The maximum Gasteiger partial charge on any atom is 0.189 e. The summed E-state index contributed by atoms with van der Waals surface area (Å²) in [6.07, 6.45) is 0.982. The molecule has 0 aromatic heterocycles. The van der Waals surface area contributed by atoms with Crippen molar-refractivity contribution >= 4 is 29.9 Å². The van der Waals surface area contributed by atoms with Gasteiger partial charge in [0, 0.05) is 17.7 Å². The molecule has 0 aliphatic carbocycles. The number of hydrogen-bond donors (Lipinski definition) is 2. The molecule has 0 amide bonds. The van der Waals surface area contributed by atoms with Gasteiger partial charge in [0.2, 0.25) is 0 Å². The van der Waals surface area contributed by atoms with E-state index in [0.29, 0.717) is 35.8 Å². The SMILES string of the molecule is CCC(C)NC(N)=NCc1cc(OC)c(OC)cc1OC.I. The van der Waals surface area contributed by atoms with Crippen LogP contribution in [-0.2, 0) is 6.54 Å². The summed E-state index contributed by atoms with van der Waals surface area (Å²) in [7, 11) is 4.79. The lowest BCUT2D eigenvalue weighted by Gasteiger charge is -2.14. The van der Waals surface area contributed by atoms with Gasteiger partial charge in [-0.25, -0.2) is 4.99 Å². The molecular formula is C15H26IN3O3. The average molecular weight is 423 g/mol. The average Bonchev–Trinajstić information content (AvgIpc) is 2.51. The zero-order valence-electron chi connectivity index (χ0n) is 13.8. The summed E-state index contributed by atoms with van der Waals surface area (Å²) in [4.78, 5) is 4.33. The normalized spacial score (nSPS) is 12.1. The van der Waals surface area contributed by atoms with Crippen molar-refractivity contribution in [1.82, 2.24) is 5.32 Å². The fourth-order valence-corrected chi connectivity index (χ4v) is 1.79. The molecule has 0 radical (unpaired) electrons. The molecule has 1 aromatic carbocycles. The van der Waals surface area contributed by atoms with Crippen LogP contribution in [0.2, 0.25) is 0 Å². The molecule has 0 saturated carbocycles. The minimum atomic E-state index is 0. The highest BCUT2D eigenvalue weighted by atomic mass is 127. The van der Waals surface area contributed by atoms with Gasteiger partial charge in [0.15, 0.2) is 17.5 Å². The van der Waals surface area contributed by atoms with Crippen LogP contribution >= 0.6 is 24.0 Å². The summed E-state index contributed by atoms with van der Waals surface area (Å²) >= 11 is 0. The van der Waals surface area contributed by atoms with Crippen molar-refractivity contribution < 1.29 is 14.2 Å². The summed E-state index contributed by atoms with van der Waals surface area (Å²) in [5, 5.41) is 3.12. The molecule has 0 saturated heterocycles. The molecule has 0 heterocycles. The highest BCUT2D eigenvalue weighted by Gasteiger charge is 2.11. The van der Waals surface area contributed by atoms with Crippen LogP contribution in [0.4, 0.5) is 0 Å². The first-order valence-electron chi connectivity index (χ1n) is 6.91. The lowest BCUT2D eigenvalue weighted by molar-refractivity contribution is 0.347. The first-order valence-corrected chi connectivity index (χ1v) is 6.91. The number of halogens is 1. The zero-order valence-corrected chi connectivity index (χ0v) is 16.1. The Morgan fingerprint density at radius 1 is 1.14 bits per heavy atom. The van der Waals surface area contributed by atoms with Crippen LogP contribution < -0.4 is 25.3 Å². The summed E-state index contributed by atoms with van der Waals surface area (Å²) in [5.74, 6) is 2.36. The number of nitrogens with two attached hydrogens (primary N) is 1. The molecule has 1 rings (SSSR count). The van der Waals surface area contributed by atoms with E-state index in [4.69, 9.17) is 19.9 Å². The lowest BCUT2D eigenvalue weighted by atomic mass is 10.1. The van der Waals surface area contributed by atoms with Crippen LogP contribution in [0.15, 0.2) is 17.1 Å². The van der Waals surface area contributed by atoms with Crippen molar-refractivity contribution in [2.45, 2.75) is 32.9 Å². The number of guanidine groups is 1. The maximum atomic E-state index is 5.86. The van der Waals surface area contributed by atoms with Crippen molar-refractivity contribution in [2.75, 3.05) is 21.3 Å². The van der Waals surface area contributed by atoms with Crippen molar-refractivity contribution in [2.24, 2.45) is 10.7 Å². The van der Waals surface area contributed by atoms with E-state index < -0.39 is 0 Å². The van der Waals surface area contributed by atoms with E-state index in [1.54, 1.807) is 27.4 Å². The summed E-state index contributed by atoms with van der Waals surface area (Å²) in [5.41, 5.74) is 6.74. The monoisotopic (exact) mass is 423 g/mol. The molecule has 126 valence electrons. The minimum Gasteiger partial charge on any atom is -0.496 e. The van der Waals surface area contributed by atoms with Gasteiger partial charge < -0.3 is 25.3 Å². The Labute approximate surface area is 149 Å². The third-order valence-corrected chi connectivity index (χ3v) is 3.21. The van der Waals surface area contributed by atoms with E-state index in [-0.39, 0.29) is 24.0 Å². The van der Waals surface area contributed by atoms with Gasteiger partial charge in [-0.3, -0.25) is 0 Å². The highest BCUT2D eigenvalue weighted by molar-refractivity contribution is 14.0. The number of ether oxygens (including phenoxy) is 3. The Morgan fingerprint density at radius 2 is 1.68 bits per heavy atom. The van der Waals surface area contributed by atoms with E-state index >= 15 is 0 Å². The van der Waals surface area contributed by atoms with Crippen molar-refractivity contribution in [3.05, 3.63) is 17.7 Å². The van der Waals surface area contributed by atoms with Gasteiger partial charge in [-0.15, -0.1) is 24.0 Å². The summed E-state index contributed by atoms with van der Waals surface area (Å²) in [6, 6.07) is 3.92. The van der Waals surface area contributed by atoms with Gasteiger partial charge in [0.1, 0.15) is 5.75 Å². The van der Waals surface area contributed by atoms with Crippen molar-refractivity contribution in [3.8, 4) is 17.2 Å².